The molecule has 4 rings (SSSR count). The van der Waals surface area contributed by atoms with E-state index in [2.05, 4.69) is 51.4 Å². The molecule has 1 aliphatic rings. The van der Waals surface area contributed by atoms with E-state index >= 15 is 0 Å². The van der Waals surface area contributed by atoms with Crippen molar-refractivity contribution >= 4 is 22.7 Å². The van der Waals surface area contributed by atoms with Crippen LogP contribution in [0.2, 0.25) is 0 Å². The molecule has 1 fully saturated rings. The van der Waals surface area contributed by atoms with E-state index in [0.717, 1.165) is 43.4 Å². The lowest BCUT2D eigenvalue weighted by Gasteiger charge is -2.32. The van der Waals surface area contributed by atoms with E-state index in [0.29, 0.717) is 29.3 Å². The minimum Gasteiger partial charge on any atom is -0.493 e. The van der Waals surface area contributed by atoms with Crippen LogP contribution >= 0.6 is 0 Å². The summed E-state index contributed by atoms with van der Waals surface area (Å²) >= 11 is 0. The molecule has 1 saturated heterocycles. The van der Waals surface area contributed by atoms with E-state index in [4.69, 9.17) is 15.2 Å². The fraction of sp³-hybridized carbons (Fsp3) is 0.391. The molecular formula is C23H29N5O2. The molecule has 0 bridgehead atoms. The molecule has 1 aliphatic heterocycles. The summed E-state index contributed by atoms with van der Waals surface area (Å²) in [6.07, 6.45) is 2.08. The topological polar surface area (TPSA) is 85.5 Å². The number of anilines is 2. The molecule has 30 heavy (non-hydrogen) atoms. The number of aromatic nitrogens is 2. The van der Waals surface area contributed by atoms with Gasteiger partial charge in [-0.2, -0.15) is 4.98 Å². The minimum atomic E-state index is 0.329. The molecule has 7 heteroatoms. The standard InChI is InChI=1S/C23H29N5O2/c1-15-5-4-6-16(11-15)14-28-9-7-17(8-10-28)25-23-26-19-13-21(30-3)20(29-2)12-18(19)22(24)27-23/h4-6,11-13,17H,7-10,14H2,1-3H3,(H3,24,25,26,27). The third kappa shape index (κ3) is 4.41. The second-order valence-corrected chi connectivity index (χ2v) is 7.84. The Balaban J connectivity index is 1.42. The Morgan fingerprint density at radius 1 is 1.07 bits per heavy atom. The third-order valence-electron chi connectivity index (χ3n) is 5.64. The molecule has 0 radical (unpaired) electrons. The number of hydrogen-bond donors (Lipinski definition) is 2. The molecule has 2 heterocycles. The number of nitrogens with zero attached hydrogens (tertiary/aromatic N) is 3. The fourth-order valence-electron chi connectivity index (χ4n) is 4.03. The SMILES string of the molecule is COc1cc2nc(NC3CCN(Cc4cccc(C)c4)CC3)nc(N)c2cc1OC. The van der Waals surface area contributed by atoms with Gasteiger partial charge in [0.1, 0.15) is 5.82 Å². The van der Waals surface area contributed by atoms with Crippen molar-refractivity contribution in [1.29, 1.82) is 0 Å². The van der Waals surface area contributed by atoms with Crippen LogP contribution in [0, 0.1) is 6.92 Å². The highest BCUT2D eigenvalue weighted by Crippen LogP contribution is 2.33. The quantitative estimate of drug-likeness (QED) is 0.645. The van der Waals surface area contributed by atoms with Gasteiger partial charge < -0.3 is 20.5 Å². The zero-order chi connectivity index (χ0) is 21.1. The lowest BCUT2D eigenvalue weighted by Crippen LogP contribution is -2.39. The largest absolute Gasteiger partial charge is 0.493 e. The molecular weight excluding hydrogens is 378 g/mol. The Kier molecular flexibility index (Phi) is 5.90. The van der Waals surface area contributed by atoms with E-state index in [1.165, 1.54) is 11.1 Å². The number of benzene rings is 2. The van der Waals surface area contributed by atoms with Gasteiger partial charge in [0.25, 0.3) is 0 Å². The number of rotatable bonds is 6. The van der Waals surface area contributed by atoms with Gasteiger partial charge in [-0.1, -0.05) is 29.8 Å². The van der Waals surface area contributed by atoms with Crippen LogP contribution in [0.5, 0.6) is 11.5 Å². The summed E-state index contributed by atoms with van der Waals surface area (Å²) in [6.45, 7) is 5.22. The second kappa shape index (κ2) is 8.75. The normalized spacial score (nSPS) is 15.3. The van der Waals surface area contributed by atoms with E-state index in [1.54, 1.807) is 14.2 Å². The maximum atomic E-state index is 6.20. The number of ether oxygens (including phenoxy) is 2. The van der Waals surface area contributed by atoms with E-state index < -0.39 is 0 Å². The van der Waals surface area contributed by atoms with Crippen molar-refractivity contribution in [2.24, 2.45) is 0 Å². The number of nitrogens with one attached hydrogen (secondary N) is 1. The lowest BCUT2D eigenvalue weighted by molar-refractivity contribution is 0.211. The van der Waals surface area contributed by atoms with Crippen LogP contribution in [0.25, 0.3) is 10.9 Å². The molecule has 2 aromatic carbocycles. The monoisotopic (exact) mass is 407 g/mol. The molecule has 0 atom stereocenters. The summed E-state index contributed by atoms with van der Waals surface area (Å²) in [4.78, 5) is 11.6. The van der Waals surface area contributed by atoms with E-state index in [1.807, 2.05) is 12.1 Å². The Hall–Kier alpha value is -3.06. The molecule has 1 aromatic heterocycles. The first-order valence-corrected chi connectivity index (χ1v) is 10.3. The maximum absolute atomic E-state index is 6.20. The van der Waals surface area contributed by atoms with Gasteiger partial charge in [-0.05, 0) is 31.4 Å². The van der Waals surface area contributed by atoms with Gasteiger partial charge in [0, 0.05) is 37.1 Å². The summed E-state index contributed by atoms with van der Waals surface area (Å²) in [5.74, 6) is 2.23. The van der Waals surface area contributed by atoms with Crippen LogP contribution in [-0.2, 0) is 6.54 Å². The predicted molar refractivity (Wildman–Crippen MR) is 120 cm³/mol. The molecule has 7 nitrogen and oxygen atoms in total. The van der Waals surface area contributed by atoms with Gasteiger partial charge in [-0.25, -0.2) is 4.98 Å². The van der Waals surface area contributed by atoms with Gasteiger partial charge in [0.05, 0.1) is 19.7 Å². The van der Waals surface area contributed by atoms with Crippen molar-refractivity contribution in [3.05, 3.63) is 47.5 Å². The maximum Gasteiger partial charge on any atom is 0.225 e. The van der Waals surface area contributed by atoms with Gasteiger partial charge >= 0.3 is 0 Å². The Bertz CT molecular complexity index is 1030. The van der Waals surface area contributed by atoms with Crippen molar-refractivity contribution in [3.63, 3.8) is 0 Å². The molecule has 0 unspecified atom stereocenters. The summed E-state index contributed by atoms with van der Waals surface area (Å²) in [7, 11) is 3.21. The van der Waals surface area contributed by atoms with Crippen LogP contribution in [0.4, 0.5) is 11.8 Å². The molecule has 0 amide bonds. The number of methoxy groups -OCH3 is 2. The van der Waals surface area contributed by atoms with Crippen LogP contribution in [0.15, 0.2) is 36.4 Å². The number of likely N-dealkylation sites (tertiary alicyclic amines) is 1. The van der Waals surface area contributed by atoms with Crippen LogP contribution in [0.1, 0.15) is 24.0 Å². The number of piperidine rings is 1. The smallest absolute Gasteiger partial charge is 0.225 e. The van der Waals surface area contributed by atoms with E-state index in [9.17, 15) is 0 Å². The summed E-state index contributed by atoms with van der Waals surface area (Å²) in [5.41, 5.74) is 9.62. The highest BCUT2D eigenvalue weighted by atomic mass is 16.5. The van der Waals surface area contributed by atoms with Crippen molar-refractivity contribution in [2.45, 2.75) is 32.4 Å². The zero-order valence-corrected chi connectivity index (χ0v) is 17.8. The average Bonchev–Trinajstić information content (AvgIpc) is 2.74. The average molecular weight is 408 g/mol. The fourth-order valence-corrected chi connectivity index (χ4v) is 4.03. The highest BCUT2D eigenvalue weighted by molar-refractivity contribution is 5.91. The highest BCUT2D eigenvalue weighted by Gasteiger charge is 2.21. The lowest BCUT2D eigenvalue weighted by atomic mass is 10.0. The second-order valence-electron chi connectivity index (χ2n) is 7.84. The number of aryl methyl sites for hydroxylation is 1. The number of hydrogen-bond acceptors (Lipinski definition) is 7. The van der Waals surface area contributed by atoms with Crippen LogP contribution in [-0.4, -0.2) is 48.2 Å². The number of fused-ring (bicyclic) bond motifs is 1. The Morgan fingerprint density at radius 2 is 1.80 bits per heavy atom. The van der Waals surface area contributed by atoms with Gasteiger partial charge in [-0.3, -0.25) is 4.90 Å². The van der Waals surface area contributed by atoms with Gasteiger partial charge in [0.15, 0.2) is 11.5 Å². The van der Waals surface area contributed by atoms with Crippen molar-refractivity contribution in [3.8, 4) is 11.5 Å². The van der Waals surface area contributed by atoms with Crippen molar-refractivity contribution < 1.29 is 9.47 Å². The first-order chi connectivity index (χ1) is 14.6. The van der Waals surface area contributed by atoms with Gasteiger partial charge in [-0.15, -0.1) is 0 Å². The first kappa shape index (κ1) is 20.2. The molecule has 3 aromatic rings. The summed E-state index contributed by atoms with van der Waals surface area (Å²) in [5, 5.41) is 4.23. The van der Waals surface area contributed by atoms with Crippen LogP contribution in [0.3, 0.4) is 0 Å². The summed E-state index contributed by atoms with van der Waals surface area (Å²) < 4.78 is 10.7. The Labute approximate surface area is 177 Å². The third-order valence-corrected chi connectivity index (χ3v) is 5.64. The summed E-state index contributed by atoms with van der Waals surface area (Å²) in [6, 6.07) is 12.7. The number of nitrogens with two attached hydrogens (primary N) is 1. The van der Waals surface area contributed by atoms with E-state index in [-0.39, 0.29) is 0 Å². The van der Waals surface area contributed by atoms with Crippen LogP contribution < -0.4 is 20.5 Å². The molecule has 3 N–H and O–H groups in total. The minimum absolute atomic E-state index is 0.329. The van der Waals surface area contributed by atoms with Gasteiger partial charge in [0.2, 0.25) is 5.95 Å². The molecule has 0 aliphatic carbocycles. The van der Waals surface area contributed by atoms with Crippen molar-refractivity contribution in [1.82, 2.24) is 14.9 Å². The number of nitrogen functional groups attached to an aromatic ring is 1. The Morgan fingerprint density at radius 3 is 2.50 bits per heavy atom. The predicted octanol–water partition coefficient (Wildman–Crippen LogP) is 3.61. The molecule has 0 spiro atoms. The first-order valence-electron chi connectivity index (χ1n) is 10.3. The van der Waals surface area contributed by atoms with Crippen molar-refractivity contribution in [2.75, 3.05) is 38.4 Å². The molecule has 0 saturated carbocycles. The zero-order valence-electron chi connectivity index (χ0n) is 17.8. The molecule has 158 valence electrons.